The molecule has 3 rings (SSSR count). The molecule has 7 heteroatoms. The fraction of sp³-hybridized carbons (Fsp3) is 0.111. The summed E-state index contributed by atoms with van der Waals surface area (Å²) >= 11 is 0. The molecule has 3 nitrogen and oxygen atoms in total. The predicted octanol–water partition coefficient (Wildman–Crippen LogP) is 4.31. The molecule has 25 heavy (non-hydrogen) atoms. The van der Waals surface area contributed by atoms with E-state index < -0.39 is 30.1 Å². The molecular formula is C18H11F4NO2. The van der Waals surface area contributed by atoms with Crippen molar-refractivity contribution < 1.29 is 27.2 Å². The highest BCUT2D eigenvalue weighted by Gasteiger charge is 2.36. The molecule has 1 aliphatic heterocycles. The number of fused-ring (bicyclic) bond motifs is 1. The van der Waals surface area contributed by atoms with Gasteiger partial charge in [0, 0.05) is 5.57 Å². The lowest BCUT2D eigenvalue weighted by Crippen LogP contribution is -2.31. The molecule has 0 atom stereocenters. The first kappa shape index (κ1) is 16.9. The second-order valence-corrected chi connectivity index (χ2v) is 5.45. The Balaban J connectivity index is 1.90. The van der Waals surface area contributed by atoms with Crippen LogP contribution >= 0.6 is 0 Å². The first-order chi connectivity index (χ1) is 11.8. The van der Waals surface area contributed by atoms with Crippen LogP contribution < -0.4 is 0 Å². The van der Waals surface area contributed by atoms with Gasteiger partial charge in [-0.2, -0.15) is 13.2 Å². The lowest BCUT2D eigenvalue weighted by molar-refractivity contribution is -0.137. The third-order valence-electron chi connectivity index (χ3n) is 3.90. The minimum atomic E-state index is -4.58. The first-order valence-electron chi connectivity index (χ1n) is 7.25. The van der Waals surface area contributed by atoms with Crippen LogP contribution in [-0.2, 0) is 6.18 Å². The lowest BCUT2D eigenvalue weighted by Gasteiger charge is -2.17. The van der Waals surface area contributed by atoms with E-state index in [0.29, 0.717) is 0 Å². The average Bonchev–Trinajstić information content (AvgIpc) is 2.84. The molecule has 0 aromatic heterocycles. The quantitative estimate of drug-likeness (QED) is 0.612. The second kappa shape index (κ2) is 6.16. The molecule has 0 saturated carbocycles. The molecule has 0 radical (unpaired) electrons. The van der Waals surface area contributed by atoms with Crippen LogP contribution in [0.1, 0.15) is 31.8 Å². The van der Waals surface area contributed by atoms with Gasteiger partial charge in [-0.05, 0) is 29.8 Å². The maximum Gasteiger partial charge on any atom is 0.416 e. The first-order valence-corrected chi connectivity index (χ1v) is 7.25. The van der Waals surface area contributed by atoms with E-state index in [-0.39, 0.29) is 28.6 Å². The van der Waals surface area contributed by atoms with Crippen LogP contribution in [-0.4, -0.2) is 23.3 Å². The van der Waals surface area contributed by atoms with Crippen molar-refractivity contribution in [2.24, 2.45) is 0 Å². The summed E-state index contributed by atoms with van der Waals surface area (Å²) in [5, 5.41) is 0. The van der Waals surface area contributed by atoms with Crippen LogP contribution in [0, 0.1) is 0 Å². The van der Waals surface area contributed by atoms with Crippen molar-refractivity contribution in [3.05, 3.63) is 77.1 Å². The van der Waals surface area contributed by atoms with E-state index in [4.69, 9.17) is 0 Å². The minimum Gasteiger partial charge on any atom is -0.270 e. The Morgan fingerprint density at radius 1 is 0.960 bits per heavy atom. The number of hydrogen-bond donors (Lipinski definition) is 0. The summed E-state index contributed by atoms with van der Waals surface area (Å²) in [6.07, 6.45) is -4.47. The molecular weight excluding hydrogens is 338 g/mol. The van der Waals surface area contributed by atoms with Crippen molar-refractivity contribution in [1.29, 1.82) is 0 Å². The Kier molecular flexibility index (Phi) is 4.16. The molecule has 0 saturated heterocycles. The Labute approximate surface area is 140 Å². The molecule has 1 aliphatic rings. The van der Waals surface area contributed by atoms with Crippen LogP contribution in [0.5, 0.6) is 0 Å². The predicted molar refractivity (Wildman–Crippen MR) is 82.3 cm³/mol. The Bertz CT molecular complexity index is 852. The molecule has 2 aromatic rings. The van der Waals surface area contributed by atoms with E-state index in [2.05, 4.69) is 0 Å². The van der Waals surface area contributed by atoms with Crippen LogP contribution in [0.2, 0.25) is 0 Å². The number of nitrogens with zero attached hydrogens (tertiary/aromatic N) is 1. The van der Waals surface area contributed by atoms with Gasteiger partial charge in [0.05, 0.1) is 29.6 Å². The molecule has 0 N–H and O–H groups in total. The maximum absolute atomic E-state index is 13.3. The number of rotatable bonds is 3. The van der Waals surface area contributed by atoms with Crippen molar-refractivity contribution in [3.8, 4) is 0 Å². The number of carbonyl (C=O) groups is 2. The molecule has 2 amide bonds. The third kappa shape index (κ3) is 3.05. The second-order valence-electron chi connectivity index (χ2n) is 5.45. The van der Waals surface area contributed by atoms with Crippen molar-refractivity contribution in [2.45, 2.75) is 6.18 Å². The molecule has 0 unspecified atom stereocenters. The van der Waals surface area contributed by atoms with Crippen molar-refractivity contribution in [2.75, 3.05) is 6.54 Å². The standard InChI is InChI=1S/C18H11F4NO2/c19-9-12(11-4-3-5-13(8-11)18(20,21)22)10-23-16(24)14-6-1-2-7-15(14)17(23)25/h1-9H,10H2. The molecule has 2 aromatic carbocycles. The monoisotopic (exact) mass is 349 g/mol. The number of amides is 2. The Morgan fingerprint density at radius 2 is 1.56 bits per heavy atom. The van der Waals surface area contributed by atoms with Gasteiger partial charge in [0.2, 0.25) is 0 Å². The maximum atomic E-state index is 13.3. The van der Waals surface area contributed by atoms with Crippen molar-refractivity contribution >= 4 is 17.4 Å². The van der Waals surface area contributed by atoms with Gasteiger partial charge >= 0.3 is 6.18 Å². The number of benzene rings is 2. The van der Waals surface area contributed by atoms with Gasteiger partial charge in [0.15, 0.2) is 0 Å². The number of alkyl halides is 3. The zero-order valence-corrected chi connectivity index (χ0v) is 12.7. The Hall–Kier alpha value is -2.96. The molecule has 1 heterocycles. The van der Waals surface area contributed by atoms with Crippen LogP contribution in [0.3, 0.4) is 0 Å². The highest BCUT2D eigenvalue weighted by atomic mass is 19.4. The third-order valence-corrected chi connectivity index (χ3v) is 3.90. The summed E-state index contributed by atoms with van der Waals surface area (Å²) in [5.41, 5.74) is -0.800. The molecule has 0 bridgehead atoms. The minimum absolute atomic E-state index is 0.0473. The lowest BCUT2D eigenvalue weighted by atomic mass is 10.0. The van der Waals surface area contributed by atoms with Gasteiger partial charge in [0.1, 0.15) is 0 Å². The molecule has 0 fully saturated rings. The average molecular weight is 349 g/mol. The van der Waals surface area contributed by atoms with Gasteiger partial charge in [-0.1, -0.05) is 24.3 Å². The number of carbonyl (C=O) groups excluding carboxylic acids is 2. The van der Waals surface area contributed by atoms with Crippen LogP contribution in [0.25, 0.3) is 5.57 Å². The molecule has 128 valence electrons. The topological polar surface area (TPSA) is 37.4 Å². The van der Waals surface area contributed by atoms with Crippen LogP contribution in [0.15, 0.2) is 54.9 Å². The van der Waals surface area contributed by atoms with E-state index in [1.165, 1.54) is 18.2 Å². The fourth-order valence-corrected chi connectivity index (χ4v) is 2.64. The largest absolute Gasteiger partial charge is 0.416 e. The van der Waals surface area contributed by atoms with E-state index in [1.807, 2.05) is 0 Å². The highest BCUT2D eigenvalue weighted by Crippen LogP contribution is 2.32. The number of hydrogen-bond acceptors (Lipinski definition) is 2. The summed E-state index contributed by atoms with van der Waals surface area (Å²) in [5.74, 6) is -1.21. The van der Waals surface area contributed by atoms with Gasteiger partial charge in [-0.3, -0.25) is 14.5 Å². The number of imide groups is 1. The Morgan fingerprint density at radius 3 is 2.08 bits per heavy atom. The van der Waals surface area contributed by atoms with Crippen LogP contribution in [0.4, 0.5) is 17.6 Å². The van der Waals surface area contributed by atoms with E-state index in [0.717, 1.165) is 23.1 Å². The van der Waals surface area contributed by atoms with Gasteiger partial charge in [-0.25, -0.2) is 4.39 Å². The van der Waals surface area contributed by atoms with Gasteiger partial charge in [0.25, 0.3) is 11.8 Å². The summed E-state index contributed by atoms with van der Waals surface area (Å²) in [7, 11) is 0. The number of halogens is 4. The summed E-state index contributed by atoms with van der Waals surface area (Å²) < 4.78 is 51.8. The molecule has 0 spiro atoms. The zero-order chi connectivity index (χ0) is 18.2. The van der Waals surface area contributed by atoms with Crippen molar-refractivity contribution in [1.82, 2.24) is 4.90 Å². The summed E-state index contributed by atoms with van der Waals surface area (Å²) in [6.45, 7) is -0.454. The van der Waals surface area contributed by atoms with Crippen molar-refractivity contribution in [3.63, 3.8) is 0 Å². The van der Waals surface area contributed by atoms with E-state index in [1.54, 1.807) is 12.1 Å². The van der Waals surface area contributed by atoms with E-state index >= 15 is 0 Å². The summed E-state index contributed by atoms with van der Waals surface area (Å²) in [4.78, 5) is 25.4. The van der Waals surface area contributed by atoms with E-state index in [9.17, 15) is 27.2 Å². The smallest absolute Gasteiger partial charge is 0.270 e. The summed E-state index contributed by atoms with van der Waals surface area (Å²) in [6, 6.07) is 10.2. The van der Waals surface area contributed by atoms with Gasteiger partial charge in [-0.15, -0.1) is 0 Å². The fourth-order valence-electron chi connectivity index (χ4n) is 2.64. The SMILES string of the molecule is O=C1c2ccccc2C(=O)N1CC(=CF)c1cccc(C(F)(F)F)c1. The normalized spacial score (nSPS) is 14.9. The molecule has 0 aliphatic carbocycles. The zero-order valence-electron chi connectivity index (χ0n) is 12.7. The highest BCUT2D eigenvalue weighted by molar-refractivity contribution is 6.21. The van der Waals surface area contributed by atoms with Gasteiger partial charge < -0.3 is 0 Å².